The molecule has 0 aromatic carbocycles. The van der Waals surface area contributed by atoms with E-state index >= 15 is 0 Å². The maximum Gasteiger partial charge on any atom is 0.345 e. The van der Waals surface area contributed by atoms with Crippen LogP contribution in [0.3, 0.4) is 0 Å². The van der Waals surface area contributed by atoms with Gasteiger partial charge < -0.3 is 28.4 Å². The number of carbonyl (C=O) groups excluding carboxylic acids is 1. The normalized spacial score (nSPS) is 36.7. The fourth-order valence-corrected chi connectivity index (χ4v) is 5.81. The molecule has 34 heavy (non-hydrogen) atoms. The van der Waals surface area contributed by atoms with Crippen molar-refractivity contribution in [2.24, 2.45) is 0 Å². The largest absolute Gasteiger partial charge is 0.464 e. The fourth-order valence-electron chi connectivity index (χ4n) is 4.41. The molecule has 3 fully saturated rings. The molecule has 0 saturated carbocycles. The minimum atomic E-state index is -4.30. The standard InChI is InChI=1S/C19H32O13S2/c1-9-25-15(20)18(6,32-34(8,23)24)19-14(29-17(4,5)31-19)13(30-33(7,21)22)12(28-19)11-10-26-16(2,3)27-11/h11-14H,9-10H2,1-8H3/t11-,12-,13+,14-,18?,19+/m1/s1. The second-order valence-electron chi connectivity index (χ2n) is 9.46. The van der Waals surface area contributed by atoms with Gasteiger partial charge >= 0.3 is 5.97 Å². The highest BCUT2D eigenvalue weighted by molar-refractivity contribution is 7.86. The number of carbonyl (C=O) groups is 1. The molecule has 3 saturated heterocycles. The Balaban J connectivity index is 2.19. The van der Waals surface area contributed by atoms with Crippen LogP contribution in [0.2, 0.25) is 0 Å². The van der Waals surface area contributed by atoms with Gasteiger partial charge in [0.25, 0.3) is 20.2 Å². The molecule has 0 amide bonds. The molecule has 0 aliphatic carbocycles. The first-order chi connectivity index (χ1) is 15.2. The van der Waals surface area contributed by atoms with Gasteiger partial charge in [-0.15, -0.1) is 0 Å². The van der Waals surface area contributed by atoms with E-state index < -0.39 is 73.6 Å². The summed E-state index contributed by atoms with van der Waals surface area (Å²) in [5.41, 5.74) is -2.46. The molecule has 13 nitrogen and oxygen atoms in total. The van der Waals surface area contributed by atoms with Crippen molar-refractivity contribution in [2.75, 3.05) is 25.7 Å². The smallest absolute Gasteiger partial charge is 0.345 e. The molecular formula is C19H32O13S2. The van der Waals surface area contributed by atoms with Gasteiger partial charge in [0, 0.05) is 0 Å². The molecule has 0 spiro atoms. The Labute approximate surface area is 199 Å². The maximum atomic E-state index is 13.2. The summed E-state index contributed by atoms with van der Waals surface area (Å²) in [6.07, 6.45) is -3.41. The van der Waals surface area contributed by atoms with E-state index in [1.807, 2.05) is 0 Å². The van der Waals surface area contributed by atoms with Crippen molar-refractivity contribution in [1.29, 1.82) is 0 Å². The number of ether oxygens (including phenoxy) is 6. The van der Waals surface area contributed by atoms with E-state index in [4.69, 9.17) is 36.8 Å². The molecule has 0 radical (unpaired) electrons. The number of hydrogen-bond donors (Lipinski definition) is 0. The van der Waals surface area contributed by atoms with Gasteiger partial charge in [0.05, 0.1) is 25.7 Å². The summed E-state index contributed by atoms with van der Waals surface area (Å²) in [6.45, 7) is 8.75. The van der Waals surface area contributed by atoms with Crippen LogP contribution in [0.15, 0.2) is 0 Å². The van der Waals surface area contributed by atoms with E-state index in [2.05, 4.69) is 0 Å². The Morgan fingerprint density at radius 1 is 1.00 bits per heavy atom. The SMILES string of the molecule is CCOC(=O)C(C)(OS(C)(=O)=O)[C@]12O[C@H]([C@H]3COC(C)(C)O3)[C@H](OS(C)(=O)=O)[C@H]1OC(C)(C)O2. The second kappa shape index (κ2) is 8.59. The monoisotopic (exact) mass is 532 g/mol. The molecule has 0 bridgehead atoms. The molecule has 3 aliphatic heterocycles. The summed E-state index contributed by atoms with van der Waals surface area (Å²) in [4.78, 5) is 13.2. The van der Waals surface area contributed by atoms with Gasteiger partial charge in [0.2, 0.25) is 11.4 Å². The molecule has 0 N–H and O–H groups in total. The maximum absolute atomic E-state index is 13.2. The van der Waals surface area contributed by atoms with Gasteiger partial charge in [-0.1, -0.05) is 0 Å². The molecule has 3 rings (SSSR count). The summed E-state index contributed by atoms with van der Waals surface area (Å²) >= 11 is 0. The van der Waals surface area contributed by atoms with Crippen LogP contribution in [0.4, 0.5) is 0 Å². The third-order valence-corrected chi connectivity index (χ3v) is 6.65. The number of hydrogen-bond acceptors (Lipinski definition) is 13. The zero-order valence-corrected chi connectivity index (χ0v) is 22.0. The van der Waals surface area contributed by atoms with E-state index in [9.17, 15) is 21.6 Å². The summed E-state index contributed by atoms with van der Waals surface area (Å²) in [5.74, 6) is -5.92. The van der Waals surface area contributed by atoms with E-state index in [0.29, 0.717) is 0 Å². The van der Waals surface area contributed by atoms with Crippen LogP contribution in [-0.4, -0.2) is 95.9 Å². The quantitative estimate of drug-likeness (QED) is 0.304. The molecule has 0 aromatic heterocycles. The van der Waals surface area contributed by atoms with E-state index in [0.717, 1.165) is 19.4 Å². The number of esters is 1. The lowest BCUT2D eigenvalue weighted by Gasteiger charge is -2.41. The minimum absolute atomic E-state index is 0.0173. The molecule has 3 heterocycles. The van der Waals surface area contributed by atoms with Crippen molar-refractivity contribution in [3.05, 3.63) is 0 Å². The van der Waals surface area contributed by atoms with Crippen LogP contribution >= 0.6 is 0 Å². The van der Waals surface area contributed by atoms with Gasteiger partial charge in [0.15, 0.2) is 11.6 Å². The van der Waals surface area contributed by atoms with Crippen molar-refractivity contribution in [2.45, 2.75) is 88.9 Å². The van der Waals surface area contributed by atoms with Gasteiger partial charge in [-0.2, -0.15) is 16.8 Å². The first-order valence-electron chi connectivity index (χ1n) is 10.6. The predicted octanol–water partition coefficient (Wildman–Crippen LogP) is 0.0273. The topological polar surface area (TPSA) is 159 Å². The van der Waals surface area contributed by atoms with Crippen LogP contribution in [0.1, 0.15) is 41.5 Å². The van der Waals surface area contributed by atoms with E-state index in [-0.39, 0.29) is 13.2 Å². The fraction of sp³-hybridized carbons (Fsp3) is 0.947. The molecule has 6 atom stereocenters. The predicted molar refractivity (Wildman–Crippen MR) is 113 cm³/mol. The number of fused-ring (bicyclic) bond motifs is 1. The average molecular weight is 533 g/mol. The van der Waals surface area contributed by atoms with Gasteiger partial charge in [-0.05, 0) is 41.5 Å². The molecule has 3 aliphatic rings. The van der Waals surface area contributed by atoms with Crippen molar-refractivity contribution >= 4 is 26.2 Å². The molecule has 0 aromatic rings. The second-order valence-corrected chi connectivity index (χ2v) is 12.6. The van der Waals surface area contributed by atoms with Crippen LogP contribution in [0.25, 0.3) is 0 Å². The Morgan fingerprint density at radius 3 is 2.09 bits per heavy atom. The Hall–Kier alpha value is -0.910. The van der Waals surface area contributed by atoms with Gasteiger partial charge in [-0.3, -0.25) is 4.18 Å². The van der Waals surface area contributed by atoms with Crippen molar-refractivity contribution < 1.29 is 58.4 Å². The lowest BCUT2D eigenvalue weighted by Crippen LogP contribution is -2.65. The third kappa shape index (κ3) is 5.27. The average Bonchev–Trinajstić information content (AvgIpc) is 3.21. The molecule has 15 heteroatoms. The first-order valence-corrected chi connectivity index (χ1v) is 14.2. The zero-order chi connectivity index (χ0) is 26.0. The van der Waals surface area contributed by atoms with E-state index in [1.54, 1.807) is 13.8 Å². The van der Waals surface area contributed by atoms with Crippen LogP contribution in [0, 0.1) is 0 Å². The Kier molecular flexibility index (Phi) is 6.99. The highest BCUT2D eigenvalue weighted by Crippen LogP contribution is 2.55. The van der Waals surface area contributed by atoms with Gasteiger partial charge in [0.1, 0.15) is 24.4 Å². The van der Waals surface area contributed by atoms with Crippen molar-refractivity contribution in [1.82, 2.24) is 0 Å². The Bertz CT molecular complexity index is 1020. The highest BCUT2D eigenvalue weighted by atomic mass is 32.2. The summed E-state index contributed by atoms with van der Waals surface area (Å²) in [7, 11) is -8.40. The molecule has 1 unspecified atom stereocenters. The lowest BCUT2D eigenvalue weighted by atomic mass is 9.89. The van der Waals surface area contributed by atoms with Gasteiger partial charge in [-0.25, -0.2) is 8.98 Å². The highest BCUT2D eigenvalue weighted by Gasteiger charge is 2.78. The summed E-state index contributed by atoms with van der Waals surface area (Å²) in [5, 5.41) is 0. The van der Waals surface area contributed by atoms with Crippen molar-refractivity contribution in [3.8, 4) is 0 Å². The third-order valence-electron chi connectivity index (χ3n) is 5.45. The van der Waals surface area contributed by atoms with Crippen molar-refractivity contribution in [3.63, 3.8) is 0 Å². The van der Waals surface area contributed by atoms with Crippen LogP contribution in [-0.2, 0) is 61.8 Å². The summed E-state index contributed by atoms with van der Waals surface area (Å²) < 4.78 is 94.1. The lowest BCUT2D eigenvalue weighted by molar-refractivity contribution is -0.318. The summed E-state index contributed by atoms with van der Waals surface area (Å²) in [6, 6.07) is 0. The molecular weight excluding hydrogens is 500 g/mol. The van der Waals surface area contributed by atoms with E-state index in [1.165, 1.54) is 20.8 Å². The number of rotatable bonds is 8. The van der Waals surface area contributed by atoms with Crippen LogP contribution < -0.4 is 0 Å². The first kappa shape index (κ1) is 27.7. The zero-order valence-electron chi connectivity index (χ0n) is 20.3. The van der Waals surface area contributed by atoms with Crippen LogP contribution in [0.5, 0.6) is 0 Å². The Morgan fingerprint density at radius 2 is 1.62 bits per heavy atom. The molecule has 198 valence electrons. The minimum Gasteiger partial charge on any atom is -0.464 e.